The van der Waals surface area contributed by atoms with Gasteiger partial charge in [0.25, 0.3) is 5.91 Å². The SMILES string of the molecule is Cc1ccc(NC(=O)C(C)OC(=O)COc2cccc(C(F)(F)F)c2)cc1F. The van der Waals surface area contributed by atoms with Gasteiger partial charge in [0.05, 0.1) is 5.56 Å². The lowest BCUT2D eigenvalue weighted by Gasteiger charge is -2.14. The summed E-state index contributed by atoms with van der Waals surface area (Å²) in [4.78, 5) is 23.8. The van der Waals surface area contributed by atoms with Crippen molar-refractivity contribution in [3.8, 4) is 5.75 Å². The molecule has 0 aliphatic rings. The number of alkyl halides is 3. The van der Waals surface area contributed by atoms with Gasteiger partial charge < -0.3 is 14.8 Å². The third kappa shape index (κ3) is 5.97. The number of nitrogens with one attached hydrogen (secondary N) is 1. The summed E-state index contributed by atoms with van der Waals surface area (Å²) in [6.07, 6.45) is -5.76. The van der Waals surface area contributed by atoms with Crippen molar-refractivity contribution in [2.75, 3.05) is 11.9 Å². The van der Waals surface area contributed by atoms with Gasteiger partial charge in [0.15, 0.2) is 12.7 Å². The van der Waals surface area contributed by atoms with Crippen molar-refractivity contribution in [1.29, 1.82) is 0 Å². The van der Waals surface area contributed by atoms with E-state index in [9.17, 15) is 27.2 Å². The van der Waals surface area contributed by atoms with Crippen LogP contribution in [0.2, 0.25) is 0 Å². The third-order valence-electron chi connectivity index (χ3n) is 3.63. The summed E-state index contributed by atoms with van der Waals surface area (Å²) in [5.41, 5.74) is -0.322. The molecule has 2 aromatic carbocycles. The first-order valence-corrected chi connectivity index (χ1v) is 8.13. The van der Waals surface area contributed by atoms with Crippen LogP contribution in [-0.4, -0.2) is 24.6 Å². The topological polar surface area (TPSA) is 64.6 Å². The number of ether oxygens (including phenoxy) is 2. The van der Waals surface area contributed by atoms with E-state index in [-0.39, 0.29) is 11.4 Å². The van der Waals surface area contributed by atoms with Gasteiger partial charge in [-0.25, -0.2) is 9.18 Å². The molecule has 2 aromatic rings. The first-order chi connectivity index (χ1) is 13.1. The molecule has 1 amide bonds. The molecule has 0 saturated heterocycles. The molecule has 0 spiro atoms. The van der Waals surface area contributed by atoms with Crippen molar-refractivity contribution in [2.45, 2.75) is 26.1 Å². The van der Waals surface area contributed by atoms with Crippen LogP contribution in [0, 0.1) is 12.7 Å². The van der Waals surface area contributed by atoms with E-state index in [0.717, 1.165) is 24.3 Å². The second-order valence-electron chi connectivity index (χ2n) is 5.90. The van der Waals surface area contributed by atoms with Gasteiger partial charge in [0.1, 0.15) is 11.6 Å². The maximum Gasteiger partial charge on any atom is 0.416 e. The standard InChI is InChI=1S/C19H17F4NO4/c1-11-6-7-14(9-16(11)20)24-18(26)12(2)28-17(25)10-27-15-5-3-4-13(8-15)19(21,22)23/h3-9,12H,10H2,1-2H3,(H,24,26). The fraction of sp³-hybridized carbons (Fsp3) is 0.263. The van der Waals surface area contributed by atoms with Crippen molar-refractivity contribution in [2.24, 2.45) is 0 Å². The maximum atomic E-state index is 13.5. The lowest BCUT2D eigenvalue weighted by molar-refractivity contribution is -0.155. The Morgan fingerprint density at radius 3 is 2.50 bits per heavy atom. The minimum Gasteiger partial charge on any atom is -0.482 e. The molecule has 0 fully saturated rings. The minimum atomic E-state index is -4.54. The number of rotatable bonds is 6. The predicted octanol–water partition coefficient (Wildman–Crippen LogP) is 4.10. The normalized spacial score (nSPS) is 12.2. The van der Waals surface area contributed by atoms with Crippen molar-refractivity contribution >= 4 is 17.6 Å². The summed E-state index contributed by atoms with van der Waals surface area (Å²) in [6.45, 7) is 2.18. The number of esters is 1. The van der Waals surface area contributed by atoms with Crippen LogP contribution in [0.5, 0.6) is 5.75 Å². The number of carbonyl (C=O) groups excluding carboxylic acids is 2. The molecule has 1 N–H and O–H groups in total. The van der Waals surface area contributed by atoms with Crippen LogP contribution in [0.4, 0.5) is 23.2 Å². The molecule has 9 heteroatoms. The molecule has 2 rings (SSSR count). The summed E-state index contributed by atoms with van der Waals surface area (Å²) in [5.74, 6) is -2.32. The average molecular weight is 399 g/mol. The molecular weight excluding hydrogens is 382 g/mol. The quantitative estimate of drug-likeness (QED) is 0.587. The molecule has 28 heavy (non-hydrogen) atoms. The van der Waals surface area contributed by atoms with Crippen LogP contribution >= 0.6 is 0 Å². The van der Waals surface area contributed by atoms with Crippen LogP contribution in [0.3, 0.4) is 0 Å². The lowest BCUT2D eigenvalue weighted by Crippen LogP contribution is -2.31. The van der Waals surface area contributed by atoms with Gasteiger partial charge in [-0.15, -0.1) is 0 Å². The molecule has 0 aliphatic heterocycles. The van der Waals surface area contributed by atoms with Crippen molar-refractivity contribution in [3.05, 3.63) is 59.4 Å². The average Bonchev–Trinajstić information content (AvgIpc) is 2.62. The highest BCUT2D eigenvalue weighted by Gasteiger charge is 2.30. The monoisotopic (exact) mass is 399 g/mol. The number of benzene rings is 2. The van der Waals surface area contributed by atoms with Crippen LogP contribution in [0.15, 0.2) is 42.5 Å². The first-order valence-electron chi connectivity index (χ1n) is 8.13. The van der Waals surface area contributed by atoms with E-state index in [1.165, 1.54) is 25.1 Å². The zero-order chi connectivity index (χ0) is 20.9. The molecule has 0 aliphatic carbocycles. The minimum absolute atomic E-state index is 0.168. The molecule has 0 bridgehead atoms. The van der Waals surface area contributed by atoms with Crippen LogP contribution < -0.4 is 10.1 Å². The number of anilines is 1. The fourth-order valence-electron chi connectivity index (χ4n) is 2.10. The van der Waals surface area contributed by atoms with E-state index >= 15 is 0 Å². The highest BCUT2D eigenvalue weighted by Crippen LogP contribution is 2.31. The molecule has 1 unspecified atom stereocenters. The highest BCUT2D eigenvalue weighted by atomic mass is 19.4. The maximum absolute atomic E-state index is 13.5. The Kier molecular flexibility index (Phi) is 6.61. The Labute approximate surface area is 158 Å². The fourth-order valence-corrected chi connectivity index (χ4v) is 2.10. The summed E-state index contributed by atoms with van der Waals surface area (Å²) >= 11 is 0. The molecule has 5 nitrogen and oxygen atoms in total. The molecule has 0 saturated carbocycles. The third-order valence-corrected chi connectivity index (χ3v) is 3.63. The highest BCUT2D eigenvalue weighted by molar-refractivity contribution is 5.95. The van der Waals surface area contributed by atoms with Gasteiger partial charge in [-0.3, -0.25) is 4.79 Å². The zero-order valence-electron chi connectivity index (χ0n) is 15.0. The largest absolute Gasteiger partial charge is 0.482 e. The molecule has 150 valence electrons. The van der Waals surface area contributed by atoms with E-state index in [0.29, 0.717) is 5.56 Å². The zero-order valence-corrected chi connectivity index (χ0v) is 15.0. The van der Waals surface area contributed by atoms with Gasteiger partial charge in [-0.05, 0) is 49.7 Å². The van der Waals surface area contributed by atoms with Gasteiger partial charge in [-0.2, -0.15) is 13.2 Å². The molecule has 0 heterocycles. The second-order valence-corrected chi connectivity index (χ2v) is 5.90. The van der Waals surface area contributed by atoms with Crippen molar-refractivity contribution < 1.29 is 36.6 Å². The summed E-state index contributed by atoms with van der Waals surface area (Å²) < 4.78 is 61.2. The second kappa shape index (κ2) is 8.73. The first kappa shape index (κ1) is 21.2. The number of hydrogen-bond acceptors (Lipinski definition) is 4. The Bertz CT molecular complexity index is 867. The van der Waals surface area contributed by atoms with Gasteiger partial charge in [0.2, 0.25) is 0 Å². The van der Waals surface area contributed by atoms with Gasteiger partial charge in [-0.1, -0.05) is 12.1 Å². The Hall–Kier alpha value is -3.10. The van der Waals surface area contributed by atoms with Crippen LogP contribution in [0.25, 0.3) is 0 Å². The van der Waals surface area contributed by atoms with Crippen LogP contribution in [-0.2, 0) is 20.5 Å². The number of halogens is 4. The van der Waals surface area contributed by atoms with E-state index in [1.54, 1.807) is 6.92 Å². The predicted molar refractivity (Wildman–Crippen MR) is 92.3 cm³/mol. The van der Waals surface area contributed by atoms with E-state index in [1.807, 2.05) is 0 Å². The number of hydrogen-bond donors (Lipinski definition) is 1. The lowest BCUT2D eigenvalue weighted by atomic mass is 10.2. The van der Waals surface area contributed by atoms with E-state index < -0.39 is 42.1 Å². The smallest absolute Gasteiger partial charge is 0.416 e. The van der Waals surface area contributed by atoms with Gasteiger partial charge in [0, 0.05) is 5.69 Å². The Balaban J connectivity index is 1.86. The van der Waals surface area contributed by atoms with E-state index in [2.05, 4.69) is 5.32 Å². The number of amides is 1. The molecule has 0 aromatic heterocycles. The van der Waals surface area contributed by atoms with Gasteiger partial charge >= 0.3 is 12.1 Å². The van der Waals surface area contributed by atoms with E-state index in [4.69, 9.17) is 9.47 Å². The molecular formula is C19H17F4NO4. The summed E-state index contributed by atoms with van der Waals surface area (Å²) in [5, 5.41) is 2.39. The summed E-state index contributed by atoms with van der Waals surface area (Å²) in [6, 6.07) is 8.09. The number of aryl methyl sites for hydroxylation is 1. The molecule has 0 radical (unpaired) electrons. The Morgan fingerprint density at radius 1 is 1.14 bits per heavy atom. The molecule has 1 atom stereocenters. The van der Waals surface area contributed by atoms with Crippen molar-refractivity contribution in [3.63, 3.8) is 0 Å². The van der Waals surface area contributed by atoms with Crippen LogP contribution in [0.1, 0.15) is 18.1 Å². The number of carbonyl (C=O) groups is 2. The summed E-state index contributed by atoms with van der Waals surface area (Å²) in [7, 11) is 0. The Morgan fingerprint density at radius 2 is 1.86 bits per heavy atom. The van der Waals surface area contributed by atoms with Crippen molar-refractivity contribution in [1.82, 2.24) is 0 Å².